The van der Waals surface area contributed by atoms with E-state index in [1.54, 1.807) is 0 Å². The van der Waals surface area contributed by atoms with Crippen molar-refractivity contribution >= 4 is 24.0 Å². The van der Waals surface area contributed by atoms with Crippen LogP contribution in [0.25, 0.3) is 0 Å². The van der Waals surface area contributed by atoms with Gasteiger partial charge in [0.1, 0.15) is 0 Å². The quantitative estimate of drug-likeness (QED) is 0.491. The summed E-state index contributed by atoms with van der Waals surface area (Å²) in [4.78, 5) is 0. The molecule has 1 aliphatic rings. The van der Waals surface area contributed by atoms with Crippen LogP contribution in [0.3, 0.4) is 0 Å². The van der Waals surface area contributed by atoms with Crippen LogP contribution in [0.1, 0.15) is 19.8 Å². The summed E-state index contributed by atoms with van der Waals surface area (Å²) in [6.07, 6.45) is 3.16. The second-order valence-electron chi connectivity index (χ2n) is 2.57. The smallest absolute Gasteiger partial charge is 0.107 e. The summed E-state index contributed by atoms with van der Waals surface area (Å²) in [6, 6.07) is 0. The van der Waals surface area contributed by atoms with Gasteiger partial charge in [0.2, 0.25) is 0 Å². The Kier molecular flexibility index (Phi) is 5.76. The maximum Gasteiger partial charge on any atom is -0.107 e. The van der Waals surface area contributed by atoms with Gasteiger partial charge in [0.05, 0.1) is 0 Å². The molecule has 1 nitrogen and oxygen atoms in total. The van der Waals surface area contributed by atoms with Crippen LogP contribution in [0, 0.1) is 0 Å². The largest absolute Gasteiger partial charge is 0.107 e. The predicted octanol–water partition coefficient (Wildman–Crippen LogP) is 2.14. The van der Waals surface area contributed by atoms with E-state index >= 15 is 0 Å². The molecule has 0 spiro atoms. The van der Waals surface area contributed by atoms with E-state index in [1.807, 2.05) is 0 Å². The Morgan fingerprint density at radius 1 is 1.56 bits per heavy atom. The molecule has 1 rings (SSSR count). The van der Waals surface area contributed by atoms with E-state index in [4.69, 9.17) is 4.74 Å². The molecule has 2 atom stereocenters. The zero-order valence-electron chi connectivity index (χ0n) is 5.80. The molecule has 1 aliphatic heterocycles. The van der Waals surface area contributed by atoms with E-state index in [1.165, 1.54) is 31.1 Å². The van der Waals surface area contributed by atoms with E-state index in [9.17, 15) is 0 Å². The van der Waals surface area contributed by atoms with Crippen LogP contribution >= 0.6 is 24.0 Å². The van der Waals surface area contributed by atoms with Gasteiger partial charge in [-0.05, 0) is 0 Å². The van der Waals surface area contributed by atoms with E-state index in [0.717, 1.165) is 11.1 Å². The summed E-state index contributed by atoms with van der Waals surface area (Å²) in [5, 5.41) is 0. The van der Waals surface area contributed by atoms with Crippen molar-refractivity contribution in [2.75, 3.05) is 6.61 Å². The Morgan fingerprint density at radius 2 is 2.22 bits per heavy atom. The first-order valence-corrected chi connectivity index (χ1v) is 4.95. The van der Waals surface area contributed by atoms with Gasteiger partial charge in [0, 0.05) is 0 Å². The summed E-state index contributed by atoms with van der Waals surface area (Å²) in [5.41, 5.74) is 0. The van der Waals surface area contributed by atoms with E-state index < -0.39 is 0 Å². The van der Waals surface area contributed by atoms with Crippen molar-refractivity contribution in [1.29, 1.82) is 0 Å². The second kappa shape index (κ2) is 5.03. The third-order valence-electron chi connectivity index (χ3n) is 1.59. The first-order valence-electron chi connectivity index (χ1n) is 3.23. The molecule has 0 radical (unpaired) electrons. The first kappa shape index (κ1) is 10.3. The summed E-state index contributed by atoms with van der Waals surface area (Å²) < 4.78 is 6.38. The molecule has 0 aliphatic carbocycles. The van der Waals surface area contributed by atoms with E-state index in [0.29, 0.717) is 6.10 Å². The van der Waals surface area contributed by atoms with Crippen LogP contribution in [0.2, 0.25) is 4.51 Å². The Morgan fingerprint density at radius 3 is 2.56 bits per heavy atom. The maximum absolute atomic E-state index is 5.37. The molecule has 1 heterocycles. The maximum atomic E-state index is 5.37. The first-order chi connectivity index (χ1) is 3.79. The summed E-state index contributed by atoms with van der Waals surface area (Å²) in [6.45, 7) is 3.17. The van der Waals surface area contributed by atoms with Gasteiger partial charge in [-0.3, -0.25) is 0 Å². The molecule has 9 heavy (non-hydrogen) atoms. The van der Waals surface area contributed by atoms with Crippen LogP contribution in [0.4, 0.5) is 0 Å². The standard InChI is InChI=1S/C6H11O.HI.Zn/c1-6-4-2-3-5-7-6;;/h2,6H,3-5H2,1H3;1H;/t6-;;/m0../s1. The van der Waals surface area contributed by atoms with Crippen molar-refractivity contribution in [3.05, 3.63) is 0 Å². The van der Waals surface area contributed by atoms with Crippen LogP contribution in [-0.4, -0.2) is 12.7 Å². The molecule has 0 bridgehead atoms. The third-order valence-corrected chi connectivity index (χ3v) is 3.15. The average molecular weight is 292 g/mol. The number of halogens is 1. The second-order valence-corrected chi connectivity index (χ2v) is 4.99. The zero-order chi connectivity index (χ0) is 5.98. The van der Waals surface area contributed by atoms with Gasteiger partial charge in [-0.25, -0.2) is 0 Å². The van der Waals surface area contributed by atoms with Crippen LogP contribution in [0.15, 0.2) is 0 Å². The topological polar surface area (TPSA) is 9.23 Å². The molecule has 0 saturated carbocycles. The molecule has 51 valence electrons. The summed E-state index contributed by atoms with van der Waals surface area (Å²) in [5.74, 6) is 0. The number of rotatable bonds is 0. The Balaban J connectivity index is 0.000000640. The Bertz CT molecular complexity index is 71.5. The van der Waals surface area contributed by atoms with Gasteiger partial charge in [-0.15, -0.1) is 24.0 Å². The number of hydrogen-bond donors (Lipinski definition) is 0. The van der Waals surface area contributed by atoms with Gasteiger partial charge in [-0.1, -0.05) is 0 Å². The minimum absolute atomic E-state index is 0. The Labute approximate surface area is 83.6 Å². The SMILES string of the molecule is C[C@H]1C[CH]([Zn])CCO1.I. The molecule has 0 aromatic heterocycles. The fourth-order valence-corrected chi connectivity index (χ4v) is 2.43. The molecular weight excluding hydrogens is 280 g/mol. The van der Waals surface area contributed by atoms with Crippen molar-refractivity contribution in [3.63, 3.8) is 0 Å². The normalized spacial score (nSPS) is 35.4. The summed E-state index contributed by atoms with van der Waals surface area (Å²) >= 11 is 1.45. The van der Waals surface area contributed by atoms with Gasteiger partial charge in [0.15, 0.2) is 0 Å². The van der Waals surface area contributed by atoms with Gasteiger partial charge in [0.25, 0.3) is 0 Å². The zero-order valence-corrected chi connectivity index (χ0v) is 11.1. The minimum atomic E-state index is 0. The van der Waals surface area contributed by atoms with Crippen LogP contribution < -0.4 is 0 Å². The molecule has 0 amide bonds. The van der Waals surface area contributed by atoms with Crippen molar-refractivity contribution in [2.45, 2.75) is 30.4 Å². The number of ether oxygens (including phenoxy) is 1. The van der Waals surface area contributed by atoms with Crippen molar-refractivity contribution in [3.8, 4) is 0 Å². The fraction of sp³-hybridized carbons (Fsp3) is 1.00. The Hall–Kier alpha value is 1.31. The molecule has 0 aromatic rings. The van der Waals surface area contributed by atoms with Crippen molar-refractivity contribution in [1.82, 2.24) is 0 Å². The summed E-state index contributed by atoms with van der Waals surface area (Å²) in [7, 11) is 0. The van der Waals surface area contributed by atoms with E-state index in [2.05, 4.69) is 6.92 Å². The third kappa shape index (κ3) is 3.89. The van der Waals surface area contributed by atoms with Crippen molar-refractivity contribution in [2.24, 2.45) is 0 Å². The predicted molar refractivity (Wildman–Crippen MR) is 43.8 cm³/mol. The average Bonchev–Trinajstić information content (AvgIpc) is 1.64. The molecule has 0 N–H and O–H groups in total. The van der Waals surface area contributed by atoms with Crippen LogP contribution in [0.5, 0.6) is 0 Å². The van der Waals surface area contributed by atoms with Crippen LogP contribution in [-0.2, 0) is 23.0 Å². The fourth-order valence-electron chi connectivity index (χ4n) is 1.09. The molecule has 1 saturated heterocycles. The number of hydrogen-bond acceptors (Lipinski definition) is 1. The molecule has 0 aromatic carbocycles. The van der Waals surface area contributed by atoms with E-state index in [-0.39, 0.29) is 24.0 Å². The monoisotopic (exact) mass is 291 g/mol. The molecule has 1 fully saturated rings. The molecule has 1 unspecified atom stereocenters. The van der Waals surface area contributed by atoms with Crippen molar-refractivity contribution < 1.29 is 23.0 Å². The van der Waals surface area contributed by atoms with Gasteiger partial charge < -0.3 is 0 Å². The molecular formula is C6H12IOZn. The van der Waals surface area contributed by atoms with Gasteiger partial charge >= 0.3 is 60.0 Å². The molecule has 3 heteroatoms. The minimum Gasteiger partial charge on any atom is -0.107 e. The van der Waals surface area contributed by atoms with Gasteiger partial charge in [-0.2, -0.15) is 0 Å².